The molecule has 0 aromatic heterocycles. The predicted octanol–water partition coefficient (Wildman–Crippen LogP) is 1.86. The van der Waals surface area contributed by atoms with Crippen molar-refractivity contribution >= 4 is 15.5 Å². The van der Waals surface area contributed by atoms with Crippen molar-refractivity contribution in [2.45, 2.75) is 44.4 Å². The minimum atomic E-state index is -0.450. The lowest BCUT2D eigenvalue weighted by molar-refractivity contribution is -0.139. The van der Waals surface area contributed by atoms with Gasteiger partial charge in [0.2, 0.25) is 0 Å². The highest BCUT2D eigenvalue weighted by Gasteiger charge is 2.16. The number of carbonyl (C=O) groups excluding carboxylic acids is 1. The molecule has 0 aromatic carbocycles. The fourth-order valence-electron chi connectivity index (χ4n) is 1.67. The molecule has 0 rings (SSSR count). The molecule has 0 N–H and O–H groups in total. The Kier molecular flexibility index (Phi) is 9.23. The van der Waals surface area contributed by atoms with E-state index in [9.17, 15) is 4.79 Å². The van der Waals surface area contributed by atoms with Crippen molar-refractivity contribution < 1.29 is 14.3 Å². The van der Waals surface area contributed by atoms with E-state index in [-0.39, 0.29) is 11.7 Å². The molecule has 0 aromatic rings. The van der Waals surface area contributed by atoms with Crippen molar-refractivity contribution in [3.8, 4) is 0 Å². The molecule has 0 aliphatic carbocycles. The normalized spacial score (nSPS) is 14.9. The van der Waals surface area contributed by atoms with E-state index in [0.717, 1.165) is 25.9 Å². The maximum absolute atomic E-state index is 11.2. The summed E-state index contributed by atoms with van der Waals surface area (Å²) in [4.78, 5) is 11.2. The summed E-state index contributed by atoms with van der Waals surface area (Å²) in [6.07, 6.45) is 4.47. The average molecular weight is 244 g/mol. The highest BCUT2D eigenvalue weighted by atomic mass is 28.2. The zero-order chi connectivity index (χ0) is 12.4. The fraction of sp³-hybridized carbons (Fsp3) is 0.750. The molecule has 0 heterocycles. The first-order chi connectivity index (χ1) is 7.63. The van der Waals surface area contributed by atoms with Crippen LogP contribution in [-0.2, 0) is 14.3 Å². The third-order valence-electron chi connectivity index (χ3n) is 2.45. The summed E-state index contributed by atoms with van der Waals surface area (Å²) in [5, 5.41) is 0. The quantitative estimate of drug-likeness (QED) is 0.353. The molecular weight excluding hydrogens is 220 g/mol. The average Bonchev–Trinajstić information content (AvgIpc) is 2.26. The van der Waals surface area contributed by atoms with Gasteiger partial charge in [0.15, 0.2) is 0 Å². The van der Waals surface area contributed by atoms with Gasteiger partial charge >= 0.3 is 5.97 Å². The van der Waals surface area contributed by atoms with Crippen LogP contribution in [0, 0.1) is 0 Å². The number of hydrogen-bond donors (Lipinski definition) is 0. The molecule has 94 valence electrons. The SMILES string of the molecule is C=CC(=O)OC(CCCC)[SiH2]C(C)COC. The van der Waals surface area contributed by atoms with Crippen LogP contribution in [0.15, 0.2) is 12.7 Å². The van der Waals surface area contributed by atoms with Crippen LogP contribution in [-0.4, -0.2) is 34.9 Å². The van der Waals surface area contributed by atoms with Crippen LogP contribution in [0.3, 0.4) is 0 Å². The van der Waals surface area contributed by atoms with Crippen LogP contribution < -0.4 is 0 Å². The second-order valence-corrected chi connectivity index (χ2v) is 6.98. The third-order valence-corrected chi connectivity index (χ3v) is 4.59. The van der Waals surface area contributed by atoms with Crippen LogP contribution in [0.2, 0.25) is 5.54 Å². The van der Waals surface area contributed by atoms with Gasteiger partial charge in [0, 0.05) is 19.8 Å². The molecule has 2 atom stereocenters. The van der Waals surface area contributed by atoms with Crippen LogP contribution in [0.5, 0.6) is 0 Å². The predicted molar refractivity (Wildman–Crippen MR) is 69.4 cm³/mol. The summed E-state index contributed by atoms with van der Waals surface area (Å²) in [7, 11) is 1.26. The Labute approximate surface area is 101 Å². The van der Waals surface area contributed by atoms with E-state index in [2.05, 4.69) is 20.4 Å². The highest BCUT2D eigenvalue weighted by Crippen LogP contribution is 2.11. The number of hydrogen-bond acceptors (Lipinski definition) is 3. The number of esters is 1. The molecular formula is C12H24O3Si. The van der Waals surface area contributed by atoms with Gasteiger partial charge in [-0.3, -0.25) is 0 Å². The molecule has 0 bridgehead atoms. The standard InChI is InChI=1S/C12H24O3Si/c1-5-7-8-12(15-11(13)6-2)16-10(3)9-14-4/h6,10,12H,2,5,7-9,16H2,1,3-4H3. The van der Waals surface area contributed by atoms with E-state index in [1.807, 2.05) is 0 Å². The van der Waals surface area contributed by atoms with Gasteiger partial charge in [-0.05, 0) is 12.0 Å². The van der Waals surface area contributed by atoms with Crippen molar-refractivity contribution in [1.82, 2.24) is 0 Å². The smallest absolute Gasteiger partial charge is 0.330 e. The maximum atomic E-state index is 11.2. The number of ether oxygens (including phenoxy) is 2. The van der Waals surface area contributed by atoms with E-state index in [1.54, 1.807) is 7.11 Å². The first-order valence-electron chi connectivity index (χ1n) is 5.96. The monoisotopic (exact) mass is 244 g/mol. The molecule has 0 spiro atoms. The van der Waals surface area contributed by atoms with Gasteiger partial charge in [0.05, 0.1) is 15.2 Å². The Balaban J connectivity index is 4.07. The van der Waals surface area contributed by atoms with Gasteiger partial charge in [0.1, 0.15) is 0 Å². The van der Waals surface area contributed by atoms with E-state index in [4.69, 9.17) is 9.47 Å². The summed E-state index contributed by atoms with van der Waals surface area (Å²) >= 11 is 0. The van der Waals surface area contributed by atoms with Gasteiger partial charge in [-0.2, -0.15) is 0 Å². The van der Waals surface area contributed by atoms with Gasteiger partial charge in [-0.15, -0.1) is 0 Å². The summed E-state index contributed by atoms with van der Waals surface area (Å²) in [6.45, 7) is 8.50. The van der Waals surface area contributed by atoms with E-state index < -0.39 is 9.52 Å². The Hall–Kier alpha value is -0.613. The van der Waals surface area contributed by atoms with Crippen LogP contribution in [0.1, 0.15) is 33.1 Å². The lowest BCUT2D eigenvalue weighted by Crippen LogP contribution is -2.27. The van der Waals surface area contributed by atoms with Crippen molar-refractivity contribution in [3.63, 3.8) is 0 Å². The summed E-state index contributed by atoms with van der Waals surface area (Å²) in [5.74, 6) is -0.293. The van der Waals surface area contributed by atoms with E-state index >= 15 is 0 Å². The zero-order valence-corrected chi connectivity index (χ0v) is 12.1. The van der Waals surface area contributed by atoms with Gasteiger partial charge in [0.25, 0.3) is 0 Å². The summed E-state index contributed by atoms with van der Waals surface area (Å²) < 4.78 is 10.5. The maximum Gasteiger partial charge on any atom is 0.330 e. The minimum absolute atomic E-state index is 0.135. The Bertz CT molecular complexity index is 206. The second kappa shape index (κ2) is 9.60. The Morgan fingerprint density at radius 1 is 1.56 bits per heavy atom. The second-order valence-electron chi connectivity index (χ2n) is 4.20. The molecule has 3 nitrogen and oxygen atoms in total. The number of carbonyl (C=O) groups is 1. The molecule has 0 amide bonds. The van der Waals surface area contributed by atoms with Gasteiger partial charge in [-0.25, -0.2) is 4.79 Å². The van der Waals surface area contributed by atoms with Crippen molar-refractivity contribution in [1.29, 1.82) is 0 Å². The number of rotatable bonds is 9. The zero-order valence-electron chi connectivity index (χ0n) is 10.7. The highest BCUT2D eigenvalue weighted by molar-refractivity contribution is 6.39. The molecule has 16 heavy (non-hydrogen) atoms. The first kappa shape index (κ1) is 15.4. The lowest BCUT2D eigenvalue weighted by atomic mass is 10.3. The number of unbranched alkanes of at least 4 members (excludes halogenated alkanes) is 1. The molecule has 0 saturated carbocycles. The van der Waals surface area contributed by atoms with Crippen LogP contribution >= 0.6 is 0 Å². The summed E-state index contributed by atoms with van der Waals surface area (Å²) in [6, 6.07) is 0. The van der Waals surface area contributed by atoms with Crippen LogP contribution in [0.25, 0.3) is 0 Å². The Morgan fingerprint density at radius 3 is 2.75 bits per heavy atom. The molecule has 4 heteroatoms. The van der Waals surface area contributed by atoms with E-state index in [0.29, 0.717) is 5.54 Å². The lowest BCUT2D eigenvalue weighted by Gasteiger charge is -2.19. The van der Waals surface area contributed by atoms with Crippen molar-refractivity contribution in [2.24, 2.45) is 0 Å². The van der Waals surface area contributed by atoms with Gasteiger partial charge in [-0.1, -0.05) is 33.3 Å². The molecule has 0 aliphatic rings. The fourth-order valence-corrected chi connectivity index (χ4v) is 3.72. The van der Waals surface area contributed by atoms with Crippen molar-refractivity contribution in [3.05, 3.63) is 12.7 Å². The van der Waals surface area contributed by atoms with Crippen molar-refractivity contribution in [2.75, 3.05) is 13.7 Å². The third kappa shape index (κ3) is 7.65. The Morgan fingerprint density at radius 2 is 2.25 bits per heavy atom. The minimum Gasteiger partial charge on any atom is -0.464 e. The first-order valence-corrected chi connectivity index (χ1v) is 7.59. The summed E-state index contributed by atoms with van der Waals surface area (Å²) in [5.41, 5.74) is 0.681. The van der Waals surface area contributed by atoms with E-state index in [1.165, 1.54) is 6.08 Å². The van der Waals surface area contributed by atoms with Gasteiger partial charge < -0.3 is 9.47 Å². The largest absolute Gasteiger partial charge is 0.464 e. The number of methoxy groups -OCH3 is 1. The van der Waals surface area contributed by atoms with Crippen LogP contribution in [0.4, 0.5) is 0 Å². The molecule has 0 radical (unpaired) electrons. The molecule has 0 saturated heterocycles. The topological polar surface area (TPSA) is 35.5 Å². The molecule has 0 aliphatic heterocycles. The molecule has 2 unspecified atom stereocenters. The molecule has 0 fully saturated rings.